The number of amides is 3. The van der Waals surface area contributed by atoms with Crippen LogP contribution in [0.15, 0.2) is 24.5 Å². The number of carbonyl (C=O) groups excluding carboxylic acids is 3. The van der Waals surface area contributed by atoms with Crippen molar-refractivity contribution in [2.24, 2.45) is 11.1 Å². The lowest BCUT2D eigenvalue weighted by atomic mass is 9.70. The SMILES string of the molecule is N#CC1(NC(=O)CCC2(C(N)=O)CCCCC2)CCN(C(=O)c2ccncc2)CC1. The van der Waals surface area contributed by atoms with Crippen molar-refractivity contribution >= 4 is 17.7 Å². The summed E-state index contributed by atoms with van der Waals surface area (Å²) in [4.78, 5) is 42.8. The van der Waals surface area contributed by atoms with E-state index >= 15 is 0 Å². The number of nitrogens with one attached hydrogen (secondary N) is 1. The second kappa shape index (κ2) is 9.24. The Balaban J connectivity index is 1.55. The molecule has 160 valence electrons. The predicted octanol–water partition coefficient (Wildman–Crippen LogP) is 1.91. The number of likely N-dealkylation sites (tertiary alicyclic amines) is 1. The van der Waals surface area contributed by atoms with Crippen molar-refractivity contribution in [2.75, 3.05) is 13.1 Å². The van der Waals surface area contributed by atoms with E-state index in [-0.39, 0.29) is 24.1 Å². The molecule has 0 aromatic carbocycles. The smallest absolute Gasteiger partial charge is 0.253 e. The maximum Gasteiger partial charge on any atom is 0.253 e. The quantitative estimate of drug-likeness (QED) is 0.739. The summed E-state index contributed by atoms with van der Waals surface area (Å²) in [7, 11) is 0. The molecule has 0 atom stereocenters. The Bertz CT molecular complexity index is 819. The summed E-state index contributed by atoms with van der Waals surface area (Å²) in [5.41, 5.74) is 4.62. The van der Waals surface area contributed by atoms with Gasteiger partial charge in [0.25, 0.3) is 5.91 Å². The maximum absolute atomic E-state index is 12.6. The van der Waals surface area contributed by atoms with E-state index in [1.54, 1.807) is 29.4 Å². The highest BCUT2D eigenvalue weighted by molar-refractivity contribution is 5.94. The Kier molecular flexibility index (Phi) is 6.70. The average Bonchev–Trinajstić information content (AvgIpc) is 2.79. The number of nitrogens with two attached hydrogens (primary N) is 1. The van der Waals surface area contributed by atoms with E-state index in [0.717, 1.165) is 32.1 Å². The molecule has 1 saturated carbocycles. The van der Waals surface area contributed by atoms with Crippen molar-refractivity contribution in [1.82, 2.24) is 15.2 Å². The first-order valence-corrected chi connectivity index (χ1v) is 10.6. The summed E-state index contributed by atoms with van der Waals surface area (Å²) in [6.07, 6.45) is 8.92. The number of hydrogen-bond donors (Lipinski definition) is 2. The van der Waals surface area contributed by atoms with E-state index in [1.807, 2.05) is 0 Å². The van der Waals surface area contributed by atoms with Gasteiger partial charge in [0.05, 0.1) is 6.07 Å². The van der Waals surface area contributed by atoms with Gasteiger partial charge >= 0.3 is 0 Å². The first-order chi connectivity index (χ1) is 14.4. The van der Waals surface area contributed by atoms with Gasteiger partial charge in [-0.2, -0.15) is 5.26 Å². The lowest BCUT2D eigenvalue weighted by molar-refractivity contribution is -0.131. The topological polar surface area (TPSA) is 129 Å². The molecule has 3 N–H and O–H groups in total. The van der Waals surface area contributed by atoms with Crippen molar-refractivity contribution in [2.45, 2.75) is 63.3 Å². The average molecular weight is 412 g/mol. The molecular weight excluding hydrogens is 382 g/mol. The Hall–Kier alpha value is -2.95. The lowest BCUT2D eigenvalue weighted by Gasteiger charge is -2.38. The molecule has 0 radical (unpaired) electrons. The van der Waals surface area contributed by atoms with Crippen molar-refractivity contribution in [1.29, 1.82) is 5.26 Å². The van der Waals surface area contributed by atoms with Crippen LogP contribution in [-0.2, 0) is 9.59 Å². The lowest BCUT2D eigenvalue weighted by Crippen LogP contribution is -2.55. The van der Waals surface area contributed by atoms with Crippen LogP contribution in [0.25, 0.3) is 0 Å². The van der Waals surface area contributed by atoms with E-state index < -0.39 is 11.0 Å². The molecular formula is C22H29N5O3. The van der Waals surface area contributed by atoms with Gasteiger partial charge in [0.15, 0.2) is 0 Å². The fourth-order valence-corrected chi connectivity index (χ4v) is 4.56. The highest BCUT2D eigenvalue weighted by atomic mass is 16.2. The molecule has 2 aliphatic rings. The molecule has 1 saturated heterocycles. The van der Waals surface area contributed by atoms with Crippen LogP contribution < -0.4 is 11.1 Å². The van der Waals surface area contributed by atoms with Gasteiger partial charge in [-0.15, -0.1) is 0 Å². The van der Waals surface area contributed by atoms with E-state index in [9.17, 15) is 19.6 Å². The van der Waals surface area contributed by atoms with Gasteiger partial charge < -0.3 is 16.0 Å². The molecule has 2 fully saturated rings. The molecule has 30 heavy (non-hydrogen) atoms. The molecule has 8 heteroatoms. The number of carbonyl (C=O) groups is 3. The Labute approximate surface area is 176 Å². The van der Waals surface area contributed by atoms with Gasteiger partial charge in [-0.05, 0) is 31.4 Å². The third kappa shape index (κ3) is 4.78. The second-order valence-corrected chi connectivity index (χ2v) is 8.48. The normalized spacial score (nSPS) is 20.0. The van der Waals surface area contributed by atoms with Crippen LogP contribution in [0.5, 0.6) is 0 Å². The predicted molar refractivity (Wildman–Crippen MR) is 110 cm³/mol. The van der Waals surface area contributed by atoms with Crippen LogP contribution in [0.3, 0.4) is 0 Å². The van der Waals surface area contributed by atoms with E-state index in [1.165, 1.54) is 0 Å². The Morgan fingerprint density at radius 3 is 2.30 bits per heavy atom. The summed E-state index contributed by atoms with van der Waals surface area (Å²) < 4.78 is 0. The number of piperidine rings is 1. The van der Waals surface area contributed by atoms with E-state index in [2.05, 4.69) is 16.4 Å². The highest BCUT2D eigenvalue weighted by Crippen LogP contribution is 2.40. The van der Waals surface area contributed by atoms with Crippen molar-refractivity contribution in [3.8, 4) is 6.07 Å². The van der Waals surface area contributed by atoms with Crippen LogP contribution >= 0.6 is 0 Å². The molecule has 3 rings (SSSR count). The minimum Gasteiger partial charge on any atom is -0.369 e. The molecule has 1 aromatic rings. The van der Waals surface area contributed by atoms with Crippen LogP contribution in [0.1, 0.15) is 68.1 Å². The molecule has 2 heterocycles. The summed E-state index contributed by atoms with van der Waals surface area (Å²) in [6.45, 7) is 0.778. The minimum absolute atomic E-state index is 0.101. The van der Waals surface area contributed by atoms with Crippen molar-refractivity contribution in [3.63, 3.8) is 0 Å². The Morgan fingerprint density at radius 2 is 1.73 bits per heavy atom. The number of hydrogen-bond acceptors (Lipinski definition) is 5. The number of nitriles is 1. The molecule has 0 bridgehead atoms. The highest BCUT2D eigenvalue weighted by Gasteiger charge is 2.40. The molecule has 1 aliphatic heterocycles. The van der Waals surface area contributed by atoms with Gasteiger partial charge in [0, 0.05) is 55.7 Å². The third-order valence-electron chi connectivity index (χ3n) is 6.59. The van der Waals surface area contributed by atoms with Gasteiger partial charge in [0.1, 0.15) is 5.54 Å². The van der Waals surface area contributed by atoms with Crippen LogP contribution in [0, 0.1) is 16.7 Å². The van der Waals surface area contributed by atoms with Gasteiger partial charge in [-0.25, -0.2) is 0 Å². The van der Waals surface area contributed by atoms with Gasteiger partial charge in [-0.1, -0.05) is 19.3 Å². The van der Waals surface area contributed by atoms with Gasteiger partial charge in [-0.3, -0.25) is 19.4 Å². The number of primary amides is 1. The molecule has 1 aliphatic carbocycles. The first-order valence-electron chi connectivity index (χ1n) is 10.6. The largest absolute Gasteiger partial charge is 0.369 e. The van der Waals surface area contributed by atoms with E-state index in [0.29, 0.717) is 37.9 Å². The first kappa shape index (κ1) is 21.8. The Morgan fingerprint density at radius 1 is 1.10 bits per heavy atom. The molecule has 0 spiro atoms. The zero-order chi connectivity index (χ0) is 21.6. The fourth-order valence-electron chi connectivity index (χ4n) is 4.56. The standard InChI is InChI=1S/C22H29N5O3/c23-16-22(10-14-27(15-11-22)19(29)17-5-12-25-13-6-17)26-18(28)4-9-21(20(24)30)7-2-1-3-8-21/h5-6,12-13H,1-4,7-11,14-15H2,(H2,24,30)(H,26,28). The summed E-state index contributed by atoms with van der Waals surface area (Å²) in [5, 5.41) is 12.6. The van der Waals surface area contributed by atoms with Crippen LogP contribution in [-0.4, -0.2) is 46.2 Å². The molecule has 8 nitrogen and oxygen atoms in total. The third-order valence-corrected chi connectivity index (χ3v) is 6.59. The van der Waals surface area contributed by atoms with Crippen LogP contribution in [0.2, 0.25) is 0 Å². The summed E-state index contributed by atoms with van der Waals surface area (Å²) in [5.74, 6) is -0.666. The number of aromatic nitrogens is 1. The fraction of sp³-hybridized carbons (Fsp3) is 0.591. The number of pyridine rings is 1. The summed E-state index contributed by atoms with van der Waals surface area (Å²) in [6, 6.07) is 5.57. The molecule has 3 amide bonds. The zero-order valence-corrected chi connectivity index (χ0v) is 17.2. The van der Waals surface area contributed by atoms with Crippen LogP contribution in [0.4, 0.5) is 0 Å². The summed E-state index contributed by atoms with van der Waals surface area (Å²) >= 11 is 0. The maximum atomic E-state index is 12.6. The van der Waals surface area contributed by atoms with Gasteiger partial charge in [0.2, 0.25) is 11.8 Å². The number of nitrogens with zero attached hydrogens (tertiary/aromatic N) is 3. The van der Waals surface area contributed by atoms with Crippen molar-refractivity contribution < 1.29 is 14.4 Å². The molecule has 0 unspecified atom stereocenters. The monoisotopic (exact) mass is 411 g/mol. The van der Waals surface area contributed by atoms with Crippen molar-refractivity contribution in [3.05, 3.63) is 30.1 Å². The second-order valence-electron chi connectivity index (χ2n) is 8.48. The van der Waals surface area contributed by atoms with E-state index in [4.69, 9.17) is 5.73 Å². The zero-order valence-electron chi connectivity index (χ0n) is 17.2. The molecule has 1 aromatic heterocycles. The minimum atomic E-state index is -0.988. The number of rotatable bonds is 6.